The summed E-state index contributed by atoms with van der Waals surface area (Å²) < 4.78 is 2.83. The predicted octanol–water partition coefficient (Wildman–Crippen LogP) is 2.55. The molecule has 2 rings (SSSR count). The normalized spacial score (nSPS) is 26.5. The number of thioether (sulfide) groups is 1. The van der Waals surface area contributed by atoms with Crippen LogP contribution in [0.2, 0.25) is 0 Å². The first-order valence-corrected chi connectivity index (χ1v) is 7.03. The molecule has 1 aromatic rings. The lowest BCUT2D eigenvalue weighted by atomic mass is 9.99. The average Bonchev–Trinajstić information content (AvgIpc) is 2.72. The highest BCUT2D eigenvalue weighted by Crippen LogP contribution is 2.40. The monoisotopic (exact) mass is 290 g/mol. The molecule has 0 bridgehead atoms. The number of halogens is 1. The van der Waals surface area contributed by atoms with E-state index in [2.05, 4.69) is 34.9 Å². The van der Waals surface area contributed by atoms with E-state index >= 15 is 0 Å². The van der Waals surface area contributed by atoms with Gasteiger partial charge in [0.15, 0.2) is 0 Å². The van der Waals surface area contributed by atoms with Gasteiger partial charge in [-0.1, -0.05) is 0 Å². The van der Waals surface area contributed by atoms with Crippen LogP contribution >= 0.6 is 27.7 Å². The molecule has 0 saturated carbocycles. The van der Waals surface area contributed by atoms with Gasteiger partial charge in [0.05, 0.1) is 16.4 Å². The first-order valence-electron chi connectivity index (χ1n) is 5.08. The molecule has 84 valence electrons. The number of aliphatic hydroxyl groups is 1. The van der Waals surface area contributed by atoms with Crippen LogP contribution in [-0.4, -0.2) is 26.4 Å². The average molecular weight is 291 g/mol. The Hall–Kier alpha value is -0.0000000000000000555. The van der Waals surface area contributed by atoms with Crippen molar-refractivity contribution in [2.24, 2.45) is 0 Å². The molecule has 15 heavy (non-hydrogen) atoms. The van der Waals surface area contributed by atoms with E-state index in [1.54, 1.807) is 18.0 Å². The van der Waals surface area contributed by atoms with Crippen molar-refractivity contribution < 1.29 is 5.11 Å². The van der Waals surface area contributed by atoms with E-state index in [0.717, 1.165) is 28.1 Å². The molecule has 5 heteroatoms. The number of nitrogens with zero attached hydrogens (tertiary/aromatic N) is 2. The molecule has 1 saturated heterocycles. The van der Waals surface area contributed by atoms with E-state index in [4.69, 9.17) is 0 Å². The summed E-state index contributed by atoms with van der Waals surface area (Å²) in [5.74, 6) is 1.79. The van der Waals surface area contributed by atoms with Gasteiger partial charge in [-0.3, -0.25) is 4.68 Å². The Bertz CT molecular complexity index is 358. The van der Waals surface area contributed by atoms with Crippen molar-refractivity contribution in [3.05, 3.63) is 16.4 Å². The minimum Gasteiger partial charge on any atom is -0.383 e. The SMILES string of the molecule is CC(C)n1ncc(Br)c1C1(O)CCSC1. The molecule has 3 nitrogen and oxygen atoms in total. The van der Waals surface area contributed by atoms with Crippen LogP contribution in [0.5, 0.6) is 0 Å². The minimum absolute atomic E-state index is 0.279. The standard InChI is InChI=1S/C10H15BrN2OS/c1-7(2)13-9(8(11)5-12-13)10(14)3-4-15-6-10/h5,7,14H,3-4,6H2,1-2H3. The molecular formula is C10H15BrN2OS. The van der Waals surface area contributed by atoms with Crippen LogP contribution in [0.25, 0.3) is 0 Å². The lowest BCUT2D eigenvalue weighted by molar-refractivity contribution is 0.0538. The summed E-state index contributed by atoms with van der Waals surface area (Å²) in [6.45, 7) is 4.16. The number of aromatic nitrogens is 2. The van der Waals surface area contributed by atoms with Crippen LogP contribution in [-0.2, 0) is 5.60 Å². The summed E-state index contributed by atoms with van der Waals surface area (Å²) in [5.41, 5.74) is 0.229. The van der Waals surface area contributed by atoms with Gasteiger partial charge in [0.2, 0.25) is 0 Å². The quantitative estimate of drug-likeness (QED) is 0.910. The number of hydrogen-bond acceptors (Lipinski definition) is 3. The molecule has 2 heterocycles. The molecule has 0 spiro atoms. The zero-order chi connectivity index (χ0) is 11.1. The second kappa shape index (κ2) is 4.11. The van der Waals surface area contributed by atoms with Gasteiger partial charge in [0.25, 0.3) is 0 Å². The Kier molecular flexibility index (Phi) is 3.14. The molecule has 1 N–H and O–H groups in total. The third kappa shape index (κ3) is 1.97. The highest BCUT2D eigenvalue weighted by atomic mass is 79.9. The van der Waals surface area contributed by atoms with Crippen molar-refractivity contribution >= 4 is 27.7 Å². The highest BCUT2D eigenvalue weighted by molar-refractivity contribution is 9.10. The zero-order valence-corrected chi connectivity index (χ0v) is 11.3. The Labute approximate surface area is 102 Å². The molecule has 0 radical (unpaired) electrons. The molecule has 1 fully saturated rings. The van der Waals surface area contributed by atoms with Crippen LogP contribution < -0.4 is 0 Å². The van der Waals surface area contributed by atoms with Crippen molar-refractivity contribution in [3.63, 3.8) is 0 Å². The summed E-state index contributed by atoms with van der Waals surface area (Å²) in [6, 6.07) is 0.279. The van der Waals surface area contributed by atoms with Crippen molar-refractivity contribution in [1.82, 2.24) is 9.78 Å². The van der Waals surface area contributed by atoms with Gasteiger partial charge in [0.1, 0.15) is 5.60 Å². The maximum absolute atomic E-state index is 10.6. The molecule has 0 amide bonds. The van der Waals surface area contributed by atoms with Crippen LogP contribution in [0.15, 0.2) is 10.7 Å². The Morgan fingerprint density at radius 1 is 1.67 bits per heavy atom. The maximum atomic E-state index is 10.6. The molecule has 1 atom stereocenters. The lowest BCUT2D eigenvalue weighted by Gasteiger charge is -2.24. The van der Waals surface area contributed by atoms with E-state index in [1.807, 2.05) is 4.68 Å². The lowest BCUT2D eigenvalue weighted by Crippen LogP contribution is -2.29. The van der Waals surface area contributed by atoms with E-state index in [0.29, 0.717) is 0 Å². The van der Waals surface area contributed by atoms with Crippen molar-refractivity contribution in [1.29, 1.82) is 0 Å². The summed E-state index contributed by atoms with van der Waals surface area (Å²) in [6.07, 6.45) is 2.59. The number of hydrogen-bond donors (Lipinski definition) is 1. The smallest absolute Gasteiger partial charge is 0.117 e. The van der Waals surface area contributed by atoms with Crippen LogP contribution in [0.3, 0.4) is 0 Å². The Morgan fingerprint density at radius 3 is 2.93 bits per heavy atom. The van der Waals surface area contributed by atoms with Gasteiger partial charge in [-0.25, -0.2) is 0 Å². The van der Waals surface area contributed by atoms with Crippen molar-refractivity contribution in [2.45, 2.75) is 31.9 Å². The fourth-order valence-corrected chi connectivity index (χ4v) is 3.80. The molecule has 0 aromatic carbocycles. The van der Waals surface area contributed by atoms with E-state index in [-0.39, 0.29) is 6.04 Å². The molecule has 0 aliphatic carbocycles. The van der Waals surface area contributed by atoms with Gasteiger partial charge < -0.3 is 5.11 Å². The van der Waals surface area contributed by atoms with E-state index in [1.165, 1.54) is 0 Å². The summed E-state index contributed by atoms with van der Waals surface area (Å²) >= 11 is 5.27. The van der Waals surface area contributed by atoms with Gasteiger partial charge in [-0.2, -0.15) is 16.9 Å². The molecule has 1 unspecified atom stereocenters. The van der Waals surface area contributed by atoms with Crippen LogP contribution in [0, 0.1) is 0 Å². The minimum atomic E-state index is -0.704. The highest BCUT2D eigenvalue weighted by Gasteiger charge is 2.38. The maximum Gasteiger partial charge on any atom is 0.117 e. The summed E-state index contributed by atoms with van der Waals surface area (Å²) in [7, 11) is 0. The van der Waals surface area contributed by atoms with Gasteiger partial charge >= 0.3 is 0 Å². The van der Waals surface area contributed by atoms with Crippen LogP contribution in [0.1, 0.15) is 32.0 Å². The fourth-order valence-electron chi connectivity index (χ4n) is 1.91. The molecule has 1 aliphatic rings. The molecular weight excluding hydrogens is 276 g/mol. The zero-order valence-electron chi connectivity index (χ0n) is 8.90. The second-order valence-electron chi connectivity index (χ2n) is 4.21. The topological polar surface area (TPSA) is 38.0 Å². The molecule has 1 aliphatic heterocycles. The second-order valence-corrected chi connectivity index (χ2v) is 6.17. The van der Waals surface area contributed by atoms with Gasteiger partial charge in [-0.05, 0) is 42.0 Å². The number of rotatable bonds is 2. The van der Waals surface area contributed by atoms with Crippen molar-refractivity contribution in [2.75, 3.05) is 11.5 Å². The predicted molar refractivity (Wildman–Crippen MR) is 66.2 cm³/mol. The van der Waals surface area contributed by atoms with E-state index < -0.39 is 5.60 Å². The van der Waals surface area contributed by atoms with Crippen LogP contribution in [0.4, 0.5) is 0 Å². The first-order chi connectivity index (χ1) is 7.04. The largest absolute Gasteiger partial charge is 0.383 e. The van der Waals surface area contributed by atoms with Gasteiger partial charge in [-0.15, -0.1) is 0 Å². The first kappa shape index (κ1) is 11.5. The van der Waals surface area contributed by atoms with Gasteiger partial charge in [0, 0.05) is 11.8 Å². The summed E-state index contributed by atoms with van der Waals surface area (Å²) in [4.78, 5) is 0. The fraction of sp³-hybridized carbons (Fsp3) is 0.700. The third-order valence-electron chi connectivity index (χ3n) is 2.68. The third-order valence-corrected chi connectivity index (χ3v) is 4.44. The van der Waals surface area contributed by atoms with Crippen molar-refractivity contribution in [3.8, 4) is 0 Å². The Balaban J connectivity index is 2.45. The van der Waals surface area contributed by atoms with E-state index in [9.17, 15) is 5.11 Å². The summed E-state index contributed by atoms with van der Waals surface area (Å²) in [5, 5.41) is 14.9. The Morgan fingerprint density at radius 2 is 2.40 bits per heavy atom. The molecule has 1 aromatic heterocycles.